The third-order valence-electron chi connectivity index (χ3n) is 2.93. The second kappa shape index (κ2) is 8.32. The molecule has 0 bridgehead atoms. The van der Waals surface area contributed by atoms with E-state index in [2.05, 4.69) is 6.58 Å². The van der Waals surface area contributed by atoms with Crippen molar-refractivity contribution in [3.05, 3.63) is 42.0 Å². The van der Waals surface area contributed by atoms with Crippen molar-refractivity contribution in [3.63, 3.8) is 0 Å². The first-order valence-electron chi connectivity index (χ1n) is 7.08. The maximum absolute atomic E-state index is 12.3. The molecule has 0 saturated heterocycles. The maximum atomic E-state index is 12.3. The summed E-state index contributed by atoms with van der Waals surface area (Å²) in [6.07, 6.45) is -0.0482. The van der Waals surface area contributed by atoms with Gasteiger partial charge in [0.25, 0.3) is 0 Å². The van der Waals surface area contributed by atoms with Crippen LogP contribution in [0.15, 0.2) is 41.3 Å². The van der Waals surface area contributed by atoms with Gasteiger partial charge in [0.15, 0.2) is 16.1 Å². The van der Waals surface area contributed by atoms with E-state index in [-0.39, 0.29) is 5.75 Å². The van der Waals surface area contributed by atoms with Crippen molar-refractivity contribution >= 4 is 9.84 Å². The van der Waals surface area contributed by atoms with Crippen molar-refractivity contribution in [2.24, 2.45) is 0 Å². The Hall–Kier alpha value is -1.17. The Labute approximate surface area is 127 Å². The van der Waals surface area contributed by atoms with E-state index in [0.717, 1.165) is 5.56 Å². The minimum absolute atomic E-state index is 0.0906. The van der Waals surface area contributed by atoms with Crippen LogP contribution in [0.5, 0.6) is 0 Å². The maximum Gasteiger partial charge on any atom is 0.182 e. The molecule has 21 heavy (non-hydrogen) atoms. The predicted octanol–water partition coefficient (Wildman–Crippen LogP) is 3.11. The summed E-state index contributed by atoms with van der Waals surface area (Å²) in [4.78, 5) is 0.318. The molecule has 0 aromatic heterocycles. The zero-order valence-corrected chi connectivity index (χ0v) is 13.8. The Morgan fingerprint density at radius 3 is 2.14 bits per heavy atom. The average Bonchev–Trinajstić information content (AvgIpc) is 2.39. The van der Waals surface area contributed by atoms with Crippen LogP contribution >= 0.6 is 0 Å². The van der Waals surface area contributed by atoms with Gasteiger partial charge in [0.05, 0.1) is 10.6 Å². The molecule has 0 amide bonds. The highest BCUT2D eigenvalue weighted by molar-refractivity contribution is 7.91. The monoisotopic (exact) mass is 312 g/mol. The van der Waals surface area contributed by atoms with Gasteiger partial charge in [-0.1, -0.05) is 29.8 Å². The van der Waals surface area contributed by atoms with E-state index in [9.17, 15) is 8.42 Å². The fourth-order valence-corrected chi connectivity index (χ4v) is 3.30. The normalized spacial score (nSPS) is 11.8. The molecular weight excluding hydrogens is 288 g/mol. The molecule has 0 saturated carbocycles. The van der Waals surface area contributed by atoms with Gasteiger partial charge in [0, 0.05) is 19.6 Å². The van der Waals surface area contributed by atoms with Crippen LogP contribution in [-0.4, -0.2) is 33.7 Å². The zero-order chi connectivity index (χ0) is 15.9. The van der Waals surface area contributed by atoms with Crippen LogP contribution < -0.4 is 0 Å². The number of rotatable bonds is 9. The first kappa shape index (κ1) is 17.9. The van der Waals surface area contributed by atoms with Gasteiger partial charge < -0.3 is 9.47 Å². The molecule has 118 valence electrons. The molecule has 1 aromatic rings. The smallest absolute Gasteiger partial charge is 0.182 e. The molecule has 0 unspecified atom stereocenters. The molecule has 1 aromatic carbocycles. The van der Waals surface area contributed by atoms with Crippen molar-refractivity contribution < 1.29 is 17.9 Å². The van der Waals surface area contributed by atoms with E-state index in [1.54, 1.807) is 24.3 Å². The number of hydrogen-bond acceptors (Lipinski definition) is 4. The van der Waals surface area contributed by atoms with E-state index in [1.165, 1.54) is 0 Å². The van der Waals surface area contributed by atoms with Crippen LogP contribution in [0, 0.1) is 6.92 Å². The van der Waals surface area contributed by atoms with Crippen LogP contribution in [0.1, 0.15) is 25.8 Å². The molecule has 0 aliphatic heterocycles. The molecule has 0 aliphatic carbocycles. The zero-order valence-electron chi connectivity index (χ0n) is 13.0. The number of hydrogen-bond donors (Lipinski definition) is 0. The summed E-state index contributed by atoms with van der Waals surface area (Å²) in [6.45, 7) is 10.5. The SMILES string of the molecule is C=C(CC(OCC)OCC)CS(=O)(=O)c1ccc(C)cc1. The highest BCUT2D eigenvalue weighted by atomic mass is 32.2. The van der Waals surface area contributed by atoms with E-state index >= 15 is 0 Å². The summed E-state index contributed by atoms with van der Waals surface area (Å²) in [7, 11) is -3.36. The van der Waals surface area contributed by atoms with E-state index < -0.39 is 16.1 Å². The van der Waals surface area contributed by atoms with Crippen LogP contribution in [0.25, 0.3) is 0 Å². The molecule has 0 N–H and O–H groups in total. The van der Waals surface area contributed by atoms with Crippen LogP contribution in [-0.2, 0) is 19.3 Å². The van der Waals surface area contributed by atoms with Gasteiger partial charge in [-0.05, 0) is 32.9 Å². The van der Waals surface area contributed by atoms with E-state index in [0.29, 0.717) is 30.1 Å². The minimum Gasteiger partial charge on any atom is -0.353 e. The Bertz CT molecular complexity index is 540. The lowest BCUT2D eigenvalue weighted by molar-refractivity contribution is -0.134. The fourth-order valence-electron chi connectivity index (χ4n) is 1.93. The largest absolute Gasteiger partial charge is 0.353 e. The quantitative estimate of drug-likeness (QED) is 0.519. The first-order valence-corrected chi connectivity index (χ1v) is 8.73. The Morgan fingerprint density at radius 2 is 1.67 bits per heavy atom. The number of ether oxygens (including phenoxy) is 2. The number of benzene rings is 1. The summed E-state index contributed by atoms with van der Waals surface area (Å²) in [5, 5.41) is 0. The third kappa shape index (κ3) is 5.99. The van der Waals surface area contributed by atoms with E-state index in [4.69, 9.17) is 9.47 Å². The summed E-state index contributed by atoms with van der Waals surface area (Å²) < 4.78 is 35.4. The number of sulfone groups is 1. The Morgan fingerprint density at radius 1 is 1.14 bits per heavy atom. The highest BCUT2D eigenvalue weighted by Crippen LogP contribution is 2.17. The second-order valence-corrected chi connectivity index (χ2v) is 6.86. The summed E-state index contributed by atoms with van der Waals surface area (Å²) >= 11 is 0. The molecule has 0 fully saturated rings. The third-order valence-corrected chi connectivity index (χ3v) is 4.71. The lowest BCUT2D eigenvalue weighted by atomic mass is 10.2. The van der Waals surface area contributed by atoms with Crippen molar-refractivity contribution in [1.29, 1.82) is 0 Å². The second-order valence-electron chi connectivity index (χ2n) is 4.87. The summed E-state index contributed by atoms with van der Waals surface area (Å²) in [6, 6.07) is 6.83. The summed E-state index contributed by atoms with van der Waals surface area (Å²) in [5.41, 5.74) is 1.61. The molecule has 0 spiro atoms. The standard InChI is InChI=1S/C16H24O4S/c1-5-19-16(20-6-2)11-14(4)12-21(17,18)15-9-7-13(3)8-10-15/h7-10,16H,4-6,11-12H2,1-3H3. The molecule has 0 aliphatic rings. The van der Waals surface area contributed by atoms with Gasteiger partial charge in [-0.25, -0.2) is 8.42 Å². The lowest BCUT2D eigenvalue weighted by Gasteiger charge is -2.18. The van der Waals surface area contributed by atoms with Gasteiger partial charge in [-0.15, -0.1) is 0 Å². The molecule has 0 radical (unpaired) electrons. The van der Waals surface area contributed by atoms with Crippen molar-refractivity contribution in [2.75, 3.05) is 19.0 Å². The van der Waals surface area contributed by atoms with Crippen molar-refractivity contribution in [2.45, 2.75) is 38.4 Å². The Kier molecular flexibility index (Phi) is 7.08. The van der Waals surface area contributed by atoms with Gasteiger partial charge in [-0.3, -0.25) is 0 Å². The fraction of sp³-hybridized carbons (Fsp3) is 0.500. The van der Waals surface area contributed by atoms with Gasteiger partial charge >= 0.3 is 0 Å². The molecule has 5 heteroatoms. The molecule has 0 heterocycles. The van der Waals surface area contributed by atoms with Gasteiger partial charge in [0.2, 0.25) is 0 Å². The molecule has 4 nitrogen and oxygen atoms in total. The lowest BCUT2D eigenvalue weighted by Crippen LogP contribution is -2.20. The van der Waals surface area contributed by atoms with Gasteiger partial charge in [0.1, 0.15) is 0 Å². The first-order chi connectivity index (χ1) is 9.89. The minimum atomic E-state index is -3.36. The van der Waals surface area contributed by atoms with Gasteiger partial charge in [-0.2, -0.15) is 0 Å². The van der Waals surface area contributed by atoms with E-state index in [1.807, 2.05) is 20.8 Å². The molecular formula is C16H24O4S. The van der Waals surface area contributed by atoms with Crippen molar-refractivity contribution in [1.82, 2.24) is 0 Å². The van der Waals surface area contributed by atoms with Crippen LogP contribution in [0.3, 0.4) is 0 Å². The van der Waals surface area contributed by atoms with Crippen LogP contribution in [0.2, 0.25) is 0 Å². The van der Waals surface area contributed by atoms with Crippen LogP contribution in [0.4, 0.5) is 0 Å². The summed E-state index contributed by atoms with van der Waals surface area (Å²) in [5.74, 6) is -0.0906. The topological polar surface area (TPSA) is 52.6 Å². The molecule has 0 atom stereocenters. The molecule has 1 rings (SSSR count). The van der Waals surface area contributed by atoms with Crippen molar-refractivity contribution in [3.8, 4) is 0 Å². The average molecular weight is 312 g/mol. The predicted molar refractivity (Wildman–Crippen MR) is 84.0 cm³/mol. The number of aryl methyl sites for hydroxylation is 1. The Balaban J connectivity index is 2.70. The highest BCUT2D eigenvalue weighted by Gasteiger charge is 2.18.